The van der Waals surface area contributed by atoms with Crippen molar-refractivity contribution in [1.29, 1.82) is 0 Å². The zero-order chi connectivity index (χ0) is 21.7. The maximum absolute atomic E-state index is 10.8. The van der Waals surface area contributed by atoms with Gasteiger partial charge in [-0.3, -0.25) is 4.98 Å². The molecule has 0 amide bonds. The molecular weight excluding hydrogens is 398 g/mol. The van der Waals surface area contributed by atoms with Crippen LogP contribution in [0.3, 0.4) is 0 Å². The highest BCUT2D eigenvalue weighted by Gasteiger charge is 2.67. The number of rotatable bonds is 1. The molecule has 2 spiro atoms. The molecule has 3 heterocycles. The van der Waals surface area contributed by atoms with Gasteiger partial charge in [0.25, 0.3) is 0 Å². The van der Waals surface area contributed by atoms with Gasteiger partial charge >= 0.3 is 0 Å². The van der Waals surface area contributed by atoms with Crippen LogP contribution in [0.5, 0.6) is 0 Å². The number of ether oxygens (including phenoxy) is 1. The number of benzene rings is 1. The molecule has 7 rings (SSSR count). The molecule has 166 valence electrons. The van der Waals surface area contributed by atoms with E-state index in [1.165, 1.54) is 34.8 Å². The van der Waals surface area contributed by atoms with Crippen LogP contribution in [0.15, 0.2) is 60.0 Å². The molecule has 5 aliphatic rings. The lowest BCUT2D eigenvalue weighted by Gasteiger charge is -2.54. The van der Waals surface area contributed by atoms with Crippen molar-refractivity contribution in [3.05, 3.63) is 65.5 Å². The molecular formula is C28H31NO3. The Balaban J connectivity index is 1.31. The number of nitrogens with zero attached hydrogens (tertiary/aromatic N) is 1. The number of hydrogen-bond donors (Lipinski definition) is 2. The normalized spacial score (nSPS) is 44.5. The summed E-state index contributed by atoms with van der Waals surface area (Å²) in [6.07, 6.45) is 13.8. The fraction of sp³-hybridized carbons (Fsp3) is 0.536. The molecule has 3 fully saturated rings. The van der Waals surface area contributed by atoms with Crippen LogP contribution in [0.1, 0.15) is 63.4 Å². The van der Waals surface area contributed by atoms with Gasteiger partial charge in [0.1, 0.15) is 6.10 Å². The summed E-state index contributed by atoms with van der Waals surface area (Å²) >= 11 is 0. The zero-order valence-electron chi connectivity index (χ0n) is 18.6. The van der Waals surface area contributed by atoms with Gasteiger partial charge in [-0.2, -0.15) is 0 Å². The van der Waals surface area contributed by atoms with Gasteiger partial charge < -0.3 is 14.9 Å². The van der Waals surface area contributed by atoms with E-state index >= 15 is 0 Å². The molecule has 2 aromatic rings. The SMILES string of the molecule is C[C@]12CC=C3C=C4[C@@H](O)[C@H](O)CC[C@]45CC[C@]3(O5)[C@@H]1CC[C@@H]2c1ccc2cnccc2c1. The molecule has 1 saturated heterocycles. The fourth-order valence-corrected chi connectivity index (χ4v) is 8.25. The number of pyridine rings is 1. The minimum Gasteiger partial charge on any atom is -0.390 e. The highest BCUT2D eigenvalue weighted by molar-refractivity contribution is 5.82. The van der Waals surface area contributed by atoms with E-state index in [9.17, 15) is 10.2 Å². The molecule has 2 N–H and O–H groups in total. The Hall–Kier alpha value is -2.01. The number of aliphatic hydroxyl groups excluding tert-OH is 2. The molecule has 0 radical (unpaired) electrons. The summed E-state index contributed by atoms with van der Waals surface area (Å²) in [7, 11) is 0. The van der Waals surface area contributed by atoms with Gasteiger partial charge in [-0.1, -0.05) is 37.3 Å². The Kier molecular flexibility index (Phi) is 3.84. The van der Waals surface area contributed by atoms with Crippen LogP contribution in [0.4, 0.5) is 0 Å². The summed E-state index contributed by atoms with van der Waals surface area (Å²) < 4.78 is 7.12. The minimum atomic E-state index is -0.794. The van der Waals surface area contributed by atoms with Gasteiger partial charge in [-0.05, 0) is 90.4 Å². The molecule has 4 heteroatoms. The maximum Gasteiger partial charge on any atom is 0.104 e. The minimum absolute atomic E-state index is 0.161. The number of aliphatic hydroxyl groups is 2. The predicted octanol–water partition coefficient (Wildman–Crippen LogP) is 4.81. The number of hydrogen-bond acceptors (Lipinski definition) is 4. The Morgan fingerprint density at radius 3 is 2.84 bits per heavy atom. The van der Waals surface area contributed by atoms with E-state index < -0.39 is 12.2 Å². The first-order valence-electron chi connectivity index (χ1n) is 12.3. The van der Waals surface area contributed by atoms with Crippen molar-refractivity contribution >= 4 is 10.8 Å². The maximum atomic E-state index is 10.8. The van der Waals surface area contributed by atoms with Crippen molar-refractivity contribution < 1.29 is 14.9 Å². The summed E-state index contributed by atoms with van der Waals surface area (Å²) in [6.45, 7) is 2.49. The average Bonchev–Trinajstić information content (AvgIpc) is 3.32. The first-order valence-corrected chi connectivity index (χ1v) is 12.3. The molecule has 2 bridgehead atoms. The molecule has 32 heavy (non-hydrogen) atoms. The van der Waals surface area contributed by atoms with E-state index in [0.29, 0.717) is 18.3 Å². The van der Waals surface area contributed by atoms with Crippen LogP contribution in [0.25, 0.3) is 10.8 Å². The Bertz CT molecular complexity index is 1190. The van der Waals surface area contributed by atoms with Gasteiger partial charge in [0.15, 0.2) is 0 Å². The highest BCUT2D eigenvalue weighted by atomic mass is 16.5. The number of allylic oxidation sites excluding steroid dienone is 1. The topological polar surface area (TPSA) is 62.6 Å². The first-order chi connectivity index (χ1) is 15.5. The van der Waals surface area contributed by atoms with E-state index in [1.807, 2.05) is 12.4 Å². The summed E-state index contributed by atoms with van der Waals surface area (Å²) in [6, 6.07) is 9.03. The zero-order valence-corrected chi connectivity index (χ0v) is 18.6. The van der Waals surface area contributed by atoms with Crippen LogP contribution >= 0.6 is 0 Å². The van der Waals surface area contributed by atoms with Gasteiger partial charge in [-0.15, -0.1) is 0 Å². The molecule has 2 aliphatic heterocycles. The summed E-state index contributed by atoms with van der Waals surface area (Å²) in [5, 5.41) is 23.5. The van der Waals surface area contributed by atoms with Crippen molar-refractivity contribution in [3.63, 3.8) is 0 Å². The second-order valence-electron chi connectivity index (χ2n) is 11.2. The van der Waals surface area contributed by atoms with Gasteiger partial charge in [0, 0.05) is 17.8 Å². The van der Waals surface area contributed by atoms with E-state index in [4.69, 9.17) is 4.74 Å². The Morgan fingerprint density at radius 1 is 1.03 bits per heavy atom. The highest BCUT2D eigenvalue weighted by Crippen LogP contribution is 2.69. The lowest BCUT2D eigenvalue weighted by atomic mass is 9.58. The third-order valence-corrected chi connectivity index (χ3v) is 9.86. The molecule has 2 saturated carbocycles. The first kappa shape index (κ1) is 19.5. The molecule has 3 aliphatic carbocycles. The van der Waals surface area contributed by atoms with Crippen molar-refractivity contribution in [1.82, 2.24) is 4.98 Å². The molecule has 4 nitrogen and oxygen atoms in total. The van der Waals surface area contributed by atoms with E-state index in [0.717, 1.165) is 31.3 Å². The molecule has 0 unspecified atom stereocenters. The quantitative estimate of drug-likeness (QED) is 0.683. The Labute approximate surface area is 189 Å². The van der Waals surface area contributed by atoms with Gasteiger partial charge in [0.05, 0.1) is 17.3 Å². The number of fused-ring (bicyclic) bond motifs is 2. The average molecular weight is 430 g/mol. The lowest BCUT2D eigenvalue weighted by molar-refractivity contribution is -0.152. The van der Waals surface area contributed by atoms with Crippen LogP contribution < -0.4 is 0 Å². The van der Waals surface area contributed by atoms with Crippen molar-refractivity contribution in [2.45, 2.75) is 81.2 Å². The van der Waals surface area contributed by atoms with E-state index in [2.05, 4.69) is 48.3 Å². The van der Waals surface area contributed by atoms with Gasteiger partial charge in [-0.25, -0.2) is 0 Å². The standard InChI is InChI=1S/C28H31NO3/c1-26-9-6-20-15-22-25(31)23(30)7-10-27(22)11-12-28(20,32-27)24(26)5-4-21(26)18-2-3-19-16-29-13-8-17(19)14-18/h2-3,6,8,13-16,21,23-25,30-31H,4-5,7,9-12H2,1H3/t21-,23-,24-,25-,26-,27+,28-/m1/s1. The van der Waals surface area contributed by atoms with E-state index in [-0.39, 0.29) is 16.6 Å². The predicted molar refractivity (Wildman–Crippen MR) is 123 cm³/mol. The molecule has 1 aromatic heterocycles. The van der Waals surface area contributed by atoms with Gasteiger partial charge in [0.2, 0.25) is 0 Å². The monoisotopic (exact) mass is 429 g/mol. The fourth-order valence-electron chi connectivity index (χ4n) is 8.25. The smallest absolute Gasteiger partial charge is 0.104 e. The number of aromatic nitrogens is 1. The summed E-state index contributed by atoms with van der Waals surface area (Å²) in [5.74, 6) is 0.996. The largest absolute Gasteiger partial charge is 0.390 e. The lowest BCUT2D eigenvalue weighted by Crippen LogP contribution is -2.56. The third kappa shape index (κ3) is 2.31. The van der Waals surface area contributed by atoms with Crippen LogP contribution in [-0.2, 0) is 4.74 Å². The van der Waals surface area contributed by atoms with Crippen molar-refractivity contribution in [2.24, 2.45) is 11.3 Å². The van der Waals surface area contributed by atoms with Crippen LogP contribution in [-0.4, -0.2) is 38.6 Å². The molecule has 1 aromatic carbocycles. The Morgan fingerprint density at radius 2 is 1.94 bits per heavy atom. The third-order valence-electron chi connectivity index (χ3n) is 9.86. The second kappa shape index (κ2) is 6.31. The van der Waals surface area contributed by atoms with Crippen LogP contribution in [0, 0.1) is 11.3 Å². The van der Waals surface area contributed by atoms with Crippen molar-refractivity contribution in [2.75, 3.05) is 0 Å². The van der Waals surface area contributed by atoms with Crippen molar-refractivity contribution in [3.8, 4) is 0 Å². The second-order valence-corrected chi connectivity index (χ2v) is 11.2. The summed E-state index contributed by atoms with van der Waals surface area (Å²) in [4.78, 5) is 4.27. The molecule has 7 atom stereocenters. The van der Waals surface area contributed by atoms with E-state index in [1.54, 1.807) is 0 Å². The summed E-state index contributed by atoms with van der Waals surface area (Å²) in [5.41, 5.74) is 3.20. The van der Waals surface area contributed by atoms with Crippen LogP contribution in [0.2, 0.25) is 0 Å².